The molecule has 1 aliphatic rings. The van der Waals surface area contributed by atoms with Crippen molar-refractivity contribution in [2.75, 3.05) is 6.54 Å². The monoisotopic (exact) mass is 405 g/mol. The maximum atomic E-state index is 5.39. The van der Waals surface area contributed by atoms with E-state index < -0.39 is 0 Å². The molecule has 2 aromatic rings. The second-order valence-corrected chi connectivity index (χ2v) is 8.30. The van der Waals surface area contributed by atoms with Gasteiger partial charge in [0.1, 0.15) is 0 Å². The highest BCUT2D eigenvalue weighted by molar-refractivity contribution is 9.12. The first-order chi connectivity index (χ1) is 9.24. The molecule has 1 atom stereocenters. The van der Waals surface area contributed by atoms with Crippen molar-refractivity contribution in [3.05, 3.63) is 19.5 Å². The van der Waals surface area contributed by atoms with Gasteiger partial charge in [-0.1, -0.05) is 18.0 Å². The zero-order valence-corrected chi connectivity index (χ0v) is 14.1. The van der Waals surface area contributed by atoms with Crippen LogP contribution in [0.2, 0.25) is 0 Å². The van der Waals surface area contributed by atoms with Gasteiger partial charge in [-0.2, -0.15) is 4.98 Å². The van der Waals surface area contributed by atoms with Crippen LogP contribution in [0.25, 0.3) is 11.5 Å². The number of hydrogen-bond acceptors (Lipinski definition) is 5. The third-order valence-electron chi connectivity index (χ3n) is 3.20. The fourth-order valence-electron chi connectivity index (χ4n) is 2.22. The number of nitrogens with zero attached hydrogens (tertiary/aromatic N) is 2. The van der Waals surface area contributed by atoms with Crippen molar-refractivity contribution in [1.29, 1.82) is 0 Å². The second-order valence-electron chi connectivity index (χ2n) is 4.55. The quantitative estimate of drug-likeness (QED) is 0.795. The standard InChI is InChI=1S/C12H13Br2N3OS/c13-9-6-7(10(14)19-9)12-16-11(17-18-12)8-4-2-1-3-5-15-8/h6,8,15H,1-5H2. The molecule has 4 nitrogen and oxygen atoms in total. The Hall–Kier alpha value is -0.240. The lowest BCUT2D eigenvalue weighted by Crippen LogP contribution is -2.21. The summed E-state index contributed by atoms with van der Waals surface area (Å²) in [5, 5.41) is 7.61. The molecule has 19 heavy (non-hydrogen) atoms. The Labute approximate surface area is 132 Å². The highest BCUT2D eigenvalue weighted by Gasteiger charge is 2.21. The van der Waals surface area contributed by atoms with Crippen molar-refractivity contribution < 1.29 is 4.52 Å². The molecule has 2 aromatic heterocycles. The van der Waals surface area contributed by atoms with Crippen LogP contribution >= 0.6 is 43.2 Å². The summed E-state index contributed by atoms with van der Waals surface area (Å²) in [6.07, 6.45) is 4.80. The van der Waals surface area contributed by atoms with Crippen molar-refractivity contribution in [1.82, 2.24) is 15.5 Å². The van der Waals surface area contributed by atoms with E-state index in [1.54, 1.807) is 11.3 Å². The summed E-state index contributed by atoms with van der Waals surface area (Å²) in [5.74, 6) is 1.35. The van der Waals surface area contributed by atoms with E-state index in [9.17, 15) is 0 Å². The van der Waals surface area contributed by atoms with Crippen molar-refractivity contribution >= 4 is 43.2 Å². The molecule has 102 valence electrons. The molecule has 0 saturated carbocycles. The van der Waals surface area contributed by atoms with Crippen LogP contribution in [0.15, 0.2) is 18.2 Å². The smallest absolute Gasteiger partial charge is 0.260 e. The van der Waals surface area contributed by atoms with Gasteiger partial charge in [-0.3, -0.25) is 0 Å². The van der Waals surface area contributed by atoms with E-state index >= 15 is 0 Å². The Bertz CT molecular complexity index is 561. The summed E-state index contributed by atoms with van der Waals surface area (Å²) in [7, 11) is 0. The lowest BCUT2D eigenvalue weighted by Gasteiger charge is -2.09. The third-order valence-corrected chi connectivity index (χ3v) is 5.54. The van der Waals surface area contributed by atoms with Crippen molar-refractivity contribution in [2.45, 2.75) is 31.7 Å². The largest absolute Gasteiger partial charge is 0.334 e. The minimum Gasteiger partial charge on any atom is -0.334 e. The van der Waals surface area contributed by atoms with Crippen LogP contribution in [-0.4, -0.2) is 16.7 Å². The van der Waals surface area contributed by atoms with E-state index in [2.05, 4.69) is 47.3 Å². The van der Waals surface area contributed by atoms with Gasteiger partial charge in [0, 0.05) is 0 Å². The van der Waals surface area contributed by atoms with Crippen LogP contribution < -0.4 is 5.32 Å². The highest BCUT2D eigenvalue weighted by atomic mass is 79.9. The average Bonchev–Trinajstić information content (AvgIpc) is 2.88. The Kier molecular flexibility index (Phi) is 4.36. The molecule has 0 radical (unpaired) electrons. The summed E-state index contributed by atoms with van der Waals surface area (Å²) in [5.41, 5.74) is 0.948. The molecular weight excluding hydrogens is 394 g/mol. The van der Waals surface area contributed by atoms with Gasteiger partial charge >= 0.3 is 0 Å². The molecule has 0 bridgehead atoms. The zero-order valence-electron chi connectivity index (χ0n) is 10.2. The second kappa shape index (κ2) is 6.03. The number of rotatable bonds is 2. The van der Waals surface area contributed by atoms with Gasteiger partial charge in [0.05, 0.1) is 19.2 Å². The zero-order chi connectivity index (χ0) is 13.2. The summed E-state index contributed by atoms with van der Waals surface area (Å²) in [6, 6.07) is 2.22. The van der Waals surface area contributed by atoms with Crippen LogP contribution in [0, 0.1) is 0 Å². The van der Waals surface area contributed by atoms with Gasteiger partial charge in [0.2, 0.25) is 0 Å². The Morgan fingerprint density at radius 3 is 3.00 bits per heavy atom. The van der Waals surface area contributed by atoms with E-state index in [1.807, 2.05) is 6.07 Å². The summed E-state index contributed by atoms with van der Waals surface area (Å²) < 4.78 is 7.44. The minimum atomic E-state index is 0.223. The van der Waals surface area contributed by atoms with E-state index in [0.717, 1.165) is 31.9 Å². The number of thiophene rings is 1. The van der Waals surface area contributed by atoms with Gasteiger partial charge in [-0.15, -0.1) is 11.3 Å². The summed E-state index contributed by atoms with van der Waals surface area (Å²) in [4.78, 5) is 4.54. The Morgan fingerprint density at radius 1 is 1.32 bits per heavy atom. The predicted molar refractivity (Wildman–Crippen MR) is 82.2 cm³/mol. The summed E-state index contributed by atoms with van der Waals surface area (Å²) in [6.45, 7) is 1.03. The molecule has 0 aromatic carbocycles. The van der Waals surface area contributed by atoms with E-state index in [4.69, 9.17) is 4.52 Å². The van der Waals surface area contributed by atoms with E-state index in [0.29, 0.717) is 5.89 Å². The van der Waals surface area contributed by atoms with Crippen molar-refractivity contribution in [2.24, 2.45) is 0 Å². The molecule has 1 fully saturated rings. The van der Waals surface area contributed by atoms with Crippen LogP contribution in [-0.2, 0) is 0 Å². The van der Waals surface area contributed by atoms with Crippen LogP contribution in [0.5, 0.6) is 0 Å². The van der Waals surface area contributed by atoms with E-state index in [-0.39, 0.29) is 6.04 Å². The minimum absolute atomic E-state index is 0.223. The fourth-order valence-corrected chi connectivity index (χ4v) is 5.00. The number of hydrogen-bond donors (Lipinski definition) is 1. The lowest BCUT2D eigenvalue weighted by atomic mass is 10.1. The first-order valence-electron chi connectivity index (χ1n) is 6.26. The van der Waals surface area contributed by atoms with Gasteiger partial charge < -0.3 is 9.84 Å². The van der Waals surface area contributed by atoms with E-state index in [1.165, 1.54) is 19.3 Å². The number of nitrogens with one attached hydrogen (secondary N) is 1. The van der Waals surface area contributed by atoms with Gasteiger partial charge in [0.25, 0.3) is 5.89 Å². The molecule has 0 spiro atoms. The first kappa shape index (κ1) is 13.7. The summed E-state index contributed by atoms with van der Waals surface area (Å²) >= 11 is 8.58. The third kappa shape index (κ3) is 3.09. The maximum Gasteiger partial charge on any atom is 0.260 e. The Morgan fingerprint density at radius 2 is 2.21 bits per heavy atom. The normalized spacial score (nSPS) is 20.4. The SMILES string of the molecule is Brc1cc(-c2nc(C3CCCCCN3)no2)c(Br)s1. The highest BCUT2D eigenvalue weighted by Crippen LogP contribution is 2.38. The molecule has 1 unspecified atom stereocenters. The molecule has 3 rings (SSSR count). The fraction of sp³-hybridized carbons (Fsp3) is 0.500. The first-order valence-corrected chi connectivity index (χ1v) is 8.66. The number of halogens is 2. The molecular formula is C12H13Br2N3OS. The lowest BCUT2D eigenvalue weighted by molar-refractivity contribution is 0.402. The molecule has 1 saturated heterocycles. The van der Waals surface area contributed by atoms with Crippen LogP contribution in [0.4, 0.5) is 0 Å². The Balaban J connectivity index is 1.84. The molecule has 1 N–H and O–H groups in total. The van der Waals surface area contributed by atoms with Gasteiger partial charge in [0.15, 0.2) is 5.82 Å². The molecule has 1 aliphatic heterocycles. The average molecular weight is 407 g/mol. The number of aromatic nitrogens is 2. The van der Waals surface area contributed by atoms with Crippen molar-refractivity contribution in [3.63, 3.8) is 0 Å². The maximum absolute atomic E-state index is 5.39. The molecule has 3 heterocycles. The van der Waals surface area contributed by atoms with Crippen molar-refractivity contribution in [3.8, 4) is 11.5 Å². The van der Waals surface area contributed by atoms with Crippen LogP contribution in [0.1, 0.15) is 37.5 Å². The van der Waals surface area contributed by atoms with Crippen LogP contribution in [0.3, 0.4) is 0 Å². The topological polar surface area (TPSA) is 51.0 Å². The molecule has 0 aliphatic carbocycles. The van der Waals surface area contributed by atoms with Gasteiger partial charge in [-0.05, 0) is 57.3 Å². The predicted octanol–water partition coefficient (Wildman–Crippen LogP) is 4.53. The molecule has 7 heteroatoms. The van der Waals surface area contributed by atoms with Gasteiger partial charge in [-0.25, -0.2) is 0 Å². The molecule has 0 amide bonds.